The standard InChI is InChI=1S/C29H28F4N2O4/c1-27-15-19-9-10-22(39-21-7-3-6-20(13-21)38-2)17-35(25(36)11-8-18-5-4-12-34-16-18)24(19)14-23(27)26(30)28(27,37)29(31,32)33/h3-7,12-16,22,37H,8-11,17H2,1-2H3/t22-,27?,28?/m0/s1. The van der Waals surface area contributed by atoms with Crippen LogP contribution in [0.2, 0.25) is 0 Å². The number of alkyl halides is 3. The van der Waals surface area contributed by atoms with Crippen LogP contribution in [0.15, 0.2) is 83.6 Å². The first-order valence-corrected chi connectivity index (χ1v) is 12.6. The van der Waals surface area contributed by atoms with Crippen molar-refractivity contribution in [3.05, 3.63) is 89.2 Å². The molecule has 0 saturated carbocycles. The third-order valence-corrected chi connectivity index (χ3v) is 7.76. The molecule has 3 aliphatic rings. The lowest BCUT2D eigenvalue weighted by Crippen LogP contribution is -2.65. The van der Waals surface area contributed by atoms with Gasteiger partial charge in [-0.15, -0.1) is 0 Å². The van der Waals surface area contributed by atoms with Gasteiger partial charge in [0.1, 0.15) is 23.4 Å². The molecule has 1 fully saturated rings. The number of carbonyl (C=O) groups excluding carboxylic acids is 1. The van der Waals surface area contributed by atoms with Gasteiger partial charge in [0.25, 0.3) is 0 Å². The van der Waals surface area contributed by atoms with Gasteiger partial charge in [0.05, 0.1) is 19.1 Å². The Kier molecular flexibility index (Phi) is 6.78. The highest BCUT2D eigenvalue weighted by atomic mass is 19.4. The van der Waals surface area contributed by atoms with Gasteiger partial charge >= 0.3 is 6.18 Å². The number of methoxy groups -OCH3 is 1. The first kappa shape index (κ1) is 26.9. The van der Waals surface area contributed by atoms with Crippen LogP contribution in [-0.2, 0) is 11.2 Å². The summed E-state index contributed by atoms with van der Waals surface area (Å²) >= 11 is 0. The molecule has 10 heteroatoms. The average molecular weight is 545 g/mol. The fourth-order valence-corrected chi connectivity index (χ4v) is 5.54. The fourth-order valence-electron chi connectivity index (χ4n) is 5.54. The fraction of sp³-hybridized carbons (Fsp3) is 0.379. The molecule has 2 unspecified atom stereocenters. The van der Waals surface area contributed by atoms with Crippen molar-refractivity contribution in [3.63, 3.8) is 0 Å². The number of halogens is 4. The lowest BCUT2D eigenvalue weighted by Gasteiger charge is -2.54. The van der Waals surface area contributed by atoms with Crippen LogP contribution in [0.5, 0.6) is 11.5 Å². The maximum atomic E-state index is 14.9. The van der Waals surface area contributed by atoms with Gasteiger partial charge in [-0.25, -0.2) is 4.39 Å². The van der Waals surface area contributed by atoms with Gasteiger partial charge in [-0.1, -0.05) is 18.2 Å². The predicted octanol–water partition coefficient (Wildman–Crippen LogP) is 5.45. The van der Waals surface area contributed by atoms with Crippen molar-refractivity contribution in [3.8, 4) is 11.5 Å². The molecule has 206 valence electrons. The van der Waals surface area contributed by atoms with E-state index in [0.717, 1.165) is 5.56 Å². The minimum Gasteiger partial charge on any atom is -0.497 e. The summed E-state index contributed by atoms with van der Waals surface area (Å²) in [5.41, 5.74) is -4.29. The number of hydrogen-bond acceptors (Lipinski definition) is 5. The molecule has 0 spiro atoms. The molecule has 1 N–H and O–H groups in total. The average Bonchev–Trinajstić information content (AvgIpc) is 3.09. The summed E-state index contributed by atoms with van der Waals surface area (Å²) in [5.74, 6) is -0.825. The second-order valence-corrected chi connectivity index (χ2v) is 10.2. The van der Waals surface area contributed by atoms with E-state index < -0.39 is 29.1 Å². The van der Waals surface area contributed by atoms with E-state index in [1.165, 1.54) is 31.1 Å². The van der Waals surface area contributed by atoms with Gasteiger partial charge in [0, 0.05) is 36.2 Å². The molecule has 5 rings (SSSR count). The van der Waals surface area contributed by atoms with E-state index in [9.17, 15) is 27.5 Å². The highest BCUT2D eigenvalue weighted by molar-refractivity contribution is 5.80. The van der Waals surface area contributed by atoms with Crippen molar-refractivity contribution in [2.24, 2.45) is 5.41 Å². The maximum absolute atomic E-state index is 14.9. The normalized spacial score (nSPS) is 26.4. The Balaban J connectivity index is 1.49. The number of aliphatic hydroxyl groups is 1. The molecule has 2 aliphatic carbocycles. The number of rotatable bonds is 6. The summed E-state index contributed by atoms with van der Waals surface area (Å²) in [7, 11) is 1.53. The van der Waals surface area contributed by atoms with Gasteiger partial charge in [-0.2, -0.15) is 13.2 Å². The molecule has 1 aromatic heterocycles. The first-order chi connectivity index (χ1) is 18.5. The highest BCUT2D eigenvalue weighted by Gasteiger charge is 2.75. The zero-order chi connectivity index (χ0) is 28.0. The molecule has 1 saturated heterocycles. The molecule has 1 aliphatic heterocycles. The molecule has 6 nitrogen and oxygen atoms in total. The number of hydrogen-bond donors (Lipinski definition) is 1. The Morgan fingerprint density at radius 3 is 2.69 bits per heavy atom. The Morgan fingerprint density at radius 1 is 1.23 bits per heavy atom. The van der Waals surface area contributed by atoms with Crippen LogP contribution < -0.4 is 9.47 Å². The monoisotopic (exact) mass is 544 g/mol. The molecule has 2 aromatic rings. The first-order valence-electron chi connectivity index (χ1n) is 12.6. The van der Waals surface area contributed by atoms with Gasteiger partial charge < -0.3 is 19.5 Å². The number of aryl methyl sites for hydroxylation is 1. The largest absolute Gasteiger partial charge is 0.497 e. The zero-order valence-electron chi connectivity index (χ0n) is 21.5. The third-order valence-electron chi connectivity index (χ3n) is 7.76. The number of ether oxygens (including phenoxy) is 2. The van der Waals surface area contributed by atoms with E-state index in [-0.39, 0.29) is 30.9 Å². The minimum atomic E-state index is -5.21. The topological polar surface area (TPSA) is 71.9 Å². The molecule has 3 atom stereocenters. The number of fused-ring (bicyclic) bond motifs is 2. The Bertz CT molecular complexity index is 1370. The molecule has 39 heavy (non-hydrogen) atoms. The van der Waals surface area contributed by atoms with E-state index in [1.54, 1.807) is 42.7 Å². The van der Waals surface area contributed by atoms with Crippen LogP contribution in [0, 0.1) is 5.41 Å². The number of allylic oxidation sites excluding steroid dienone is 2. The van der Waals surface area contributed by atoms with Crippen molar-refractivity contribution in [1.29, 1.82) is 0 Å². The number of carbonyl (C=O) groups is 1. The van der Waals surface area contributed by atoms with E-state index in [2.05, 4.69) is 4.98 Å². The lowest BCUT2D eigenvalue weighted by atomic mass is 9.54. The third kappa shape index (κ3) is 4.50. The van der Waals surface area contributed by atoms with E-state index in [1.807, 2.05) is 6.07 Å². The number of amides is 1. The number of pyridine rings is 1. The number of nitrogens with zero attached hydrogens (tertiary/aromatic N) is 2. The maximum Gasteiger partial charge on any atom is 0.424 e. The number of likely N-dealkylation sites (tertiary alicyclic amines) is 1. The summed E-state index contributed by atoms with van der Waals surface area (Å²) in [6.07, 6.45) is 1.28. The predicted molar refractivity (Wildman–Crippen MR) is 134 cm³/mol. The smallest absolute Gasteiger partial charge is 0.424 e. The van der Waals surface area contributed by atoms with Crippen LogP contribution in [0.1, 0.15) is 31.7 Å². The second kappa shape index (κ2) is 9.82. The van der Waals surface area contributed by atoms with Gasteiger partial charge in [-0.3, -0.25) is 9.78 Å². The van der Waals surface area contributed by atoms with Crippen molar-refractivity contribution in [2.45, 2.75) is 50.5 Å². The molecule has 1 aromatic carbocycles. The van der Waals surface area contributed by atoms with Gasteiger partial charge in [0.15, 0.2) is 0 Å². The molecule has 0 radical (unpaired) electrons. The summed E-state index contributed by atoms with van der Waals surface area (Å²) in [4.78, 5) is 19.1. The molecule has 2 heterocycles. The summed E-state index contributed by atoms with van der Waals surface area (Å²) in [5, 5.41) is 10.5. The van der Waals surface area contributed by atoms with Crippen LogP contribution in [-0.4, -0.2) is 52.4 Å². The van der Waals surface area contributed by atoms with Crippen LogP contribution >= 0.6 is 0 Å². The second-order valence-electron chi connectivity index (χ2n) is 10.2. The quantitative estimate of drug-likeness (QED) is 0.490. The van der Waals surface area contributed by atoms with E-state index in [0.29, 0.717) is 35.6 Å². The van der Waals surface area contributed by atoms with Crippen LogP contribution in [0.3, 0.4) is 0 Å². The highest BCUT2D eigenvalue weighted by Crippen LogP contribution is 2.65. The Hall–Kier alpha value is -3.66. The molecular formula is C29H28F4N2O4. The number of aromatic nitrogens is 1. The van der Waals surface area contributed by atoms with Crippen molar-refractivity contribution < 1.29 is 36.9 Å². The van der Waals surface area contributed by atoms with E-state index in [4.69, 9.17) is 9.47 Å². The Labute approximate surface area is 223 Å². The van der Waals surface area contributed by atoms with Crippen LogP contribution in [0.25, 0.3) is 0 Å². The summed E-state index contributed by atoms with van der Waals surface area (Å²) in [6.45, 7) is 1.28. The lowest BCUT2D eigenvalue weighted by molar-refractivity contribution is -0.288. The molecular weight excluding hydrogens is 516 g/mol. The van der Waals surface area contributed by atoms with E-state index >= 15 is 0 Å². The SMILES string of the molecule is COc1cccc(O[C@H]2CCC3=CC4(C)C(=C(F)C4(O)C(F)(F)F)C=C3N(C(=O)CCc3cccnc3)C2)c1. The minimum absolute atomic E-state index is 0.105. The van der Waals surface area contributed by atoms with Crippen molar-refractivity contribution in [2.75, 3.05) is 13.7 Å². The molecule has 1 amide bonds. The van der Waals surface area contributed by atoms with Gasteiger partial charge in [-0.05, 0) is 61.6 Å². The van der Waals surface area contributed by atoms with Gasteiger partial charge in [0.2, 0.25) is 11.5 Å². The molecule has 0 bridgehead atoms. The summed E-state index contributed by atoms with van der Waals surface area (Å²) < 4.78 is 67.8. The van der Waals surface area contributed by atoms with Crippen molar-refractivity contribution in [1.82, 2.24) is 9.88 Å². The zero-order valence-corrected chi connectivity index (χ0v) is 21.5. The van der Waals surface area contributed by atoms with Crippen molar-refractivity contribution >= 4 is 5.91 Å². The summed E-state index contributed by atoms with van der Waals surface area (Å²) in [6, 6.07) is 10.6. The number of benzene rings is 1. The van der Waals surface area contributed by atoms with Crippen LogP contribution in [0.4, 0.5) is 17.6 Å². The Morgan fingerprint density at radius 2 is 2.00 bits per heavy atom.